The minimum atomic E-state index is -0.983. The van der Waals surface area contributed by atoms with Gasteiger partial charge in [0.2, 0.25) is 0 Å². The first-order valence-corrected chi connectivity index (χ1v) is 9.45. The van der Waals surface area contributed by atoms with Gasteiger partial charge in [0.15, 0.2) is 0 Å². The van der Waals surface area contributed by atoms with Crippen molar-refractivity contribution in [2.75, 3.05) is 6.61 Å². The van der Waals surface area contributed by atoms with E-state index in [9.17, 15) is 0 Å². The van der Waals surface area contributed by atoms with Gasteiger partial charge in [0.05, 0.1) is 6.20 Å². The van der Waals surface area contributed by atoms with Crippen molar-refractivity contribution in [3.05, 3.63) is 18.0 Å². The zero-order chi connectivity index (χ0) is 12.2. The summed E-state index contributed by atoms with van der Waals surface area (Å²) in [7, 11) is -0.983. The molecule has 2 N–H and O–H groups in total. The van der Waals surface area contributed by atoms with Crippen molar-refractivity contribution in [2.45, 2.75) is 45.4 Å². The van der Waals surface area contributed by atoms with Crippen LogP contribution in [0.25, 0.3) is 0 Å². The van der Waals surface area contributed by atoms with Crippen molar-refractivity contribution in [2.24, 2.45) is 5.73 Å². The molecule has 1 aromatic rings. The van der Waals surface area contributed by atoms with E-state index in [4.69, 9.17) is 10.5 Å². The van der Waals surface area contributed by atoms with Crippen LogP contribution in [-0.2, 0) is 11.5 Å². The van der Waals surface area contributed by atoms with Crippen molar-refractivity contribution < 1.29 is 4.74 Å². The molecule has 0 aliphatic rings. The average molecular weight is 241 g/mol. The fourth-order valence-corrected chi connectivity index (χ4v) is 1.98. The zero-order valence-corrected chi connectivity index (χ0v) is 11.7. The van der Waals surface area contributed by atoms with Gasteiger partial charge in [0, 0.05) is 32.5 Å². The maximum atomic E-state index is 5.75. The van der Waals surface area contributed by atoms with E-state index < -0.39 is 8.07 Å². The highest BCUT2D eigenvalue weighted by atomic mass is 28.3. The Labute approximate surface area is 98.8 Å². The van der Waals surface area contributed by atoms with E-state index in [0.717, 1.165) is 12.2 Å². The molecule has 1 rings (SSSR count). The Hall–Kier alpha value is -0.653. The fraction of sp³-hybridized carbons (Fsp3) is 0.727. The summed E-state index contributed by atoms with van der Waals surface area (Å²) in [4.78, 5) is 0. The number of nitrogens with zero attached hydrogens (tertiary/aromatic N) is 2. The maximum Gasteiger partial charge on any atom is 0.139 e. The summed E-state index contributed by atoms with van der Waals surface area (Å²) in [6.45, 7) is 10.3. The minimum absolute atomic E-state index is 0.0377. The molecule has 1 atom stereocenters. The Morgan fingerprint density at radius 2 is 2.19 bits per heavy atom. The van der Waals surface area contributed by atoms with Crippen LogP contribution in [0.1, 0.15) is 18.5 Å². The number of rotatable bonds is 6. The van der Waals surface area contributed by atoms with Crippen molar-refractivity contribution in [1.82, 2.24) is 9.78 Å². The highest BCUT2D eigenvalue weighted by Crippen LogP contribution is 2.09. The molecular formula is C11H23N3OSi. The molecule has 0 amide bonds. The summed E-state index contributed by atoms with van der Waals surface area (Å²) in [5.41, 5.74) is 6.80. The number of aromatic nitrogens is 2. The van der Waals surface area contributed by atoms with Crippen molar-refractivity contribution in [1.29, 1.82) is 0 Å². The van der Waals surface area contributed by atoms with Gasteiger partial charge < -0.3 is 10.5 Å². The second-order valence-corrected chi connectivity index (χ2v) is 11.1. The Kier molecular flexibility index (Phi) is 4.70. The molecule has 16 heavy (non-hydrogen) atoms. The van der Waals surface area contributed by atoms with E-state index in [1.165, 1.54) is 6.04 Å². The molecule has 0 saturated carbocycles. The lowest BCUT2D eigenvalue weighted by Gasteiger charge is -2.15. The molecule has 1 aromatic heterocycles. The molecule has 1 heterocycles. The predicted molar refractivity (Wildman–Crippen MR) is 68.9 cm³/mol. The summed E-state index contributed by atoms with van der Waals surface area (Å²) in [5, 5.41) is 4.19. The van der Waals surface area contributed by atoms with Gasteiger partial charge in [0.25, 0.3) is 0 Å². The van der Waals surface area contributed by atoms with Crippen LogP contribution in [0.5, 0.6) is 0 Å². The van der Waals surface area contributed by atoms with Crippen LogP contribution in [0.4, 0.5) is 0 Å². The third-order valence-corrected chi connectivity index (χ3v) is 4.10. The fourth-order valence-electron chi connectivity index (χ4n) is 1.22. The highest BCUT2D eigenvalue weighted by Gasteiger charge is 2.12. The van der Waals surface area contributed by atoms with E-state index in [-0.39, 0.29) is 6.04 Å². The van der Waals surface area contributed by atoms with Crippen molar-refractivity contribution in [3.63, 3.8) is 0 Å². The van der Waals surface area contributed by atoms with Gasteiger partial charge in [-0.15, -0.1) is 0 Å². The molecule has 0 saturated heterocycles. The van der Waals surface area contributed by atoms with Gasteiger partial charge in [-0.1, -0.05) is 19.6 Å². The molecule has 0 spiro atoms. The van der Waals surface area contributed by atoms with Gasteiger partial charge in [0.1, 0.15) is 6.73 Å². The van der Waals surface area contributed by atoms with Crippen molar-refractivity contribution in [3.8, 4) is 0 Å². The monoisotopic (exact) mass is 241 g/mol. The number of ether oxygens (including phenoxy) is 1. The summed E-state index contributed by atoms with van der Waals surface area (Å²) in [5.74, 6) is 0. The zero-order valence-electron chi connectivity index (χ0n) is 10.7. The Morgan fingerprint density at radius 3 is 2.69 bits per heavy atom. The summed E-state index contributed by atoms with van der Waals surface area (Å²) in [6, 6.07) is 1.23. The standard InChI is InChI=1S/C11H23N3OSi/c1-10(12)11-7-13-14(8-11)9-15-5-6-16(2,3)4/h7-8,10H,5-6,9,12H2,1-4H3. The van der Waals surface area contributed by atoms with E-state index in [2.05, 4.69) is 24.7 Å². The first kappa shape index (κ1) is 13.4. The molecule has 0 bridgehead atoms. The third-order valence-electron chi connectivity index (χ3n) is 2.40. The molecule has 92 valence electrons. The minimum Gasteiger partial charge on any atom is -0.360 e. The largest absolute Gasteiger partial charge is 0.360 e. The van der Waals surface area contributed by atoms with Crippen LogP contribution in [0.2, 0.25) is 25.7 Å². The molecule has 1 unspecified atom stereocenters. The van der Waals surface area contributed by atoms with E-state index in [0.29, 0.717) is 6.73 Å². The normalized spacial score (nSPS) is 14.1. The van der Waals surface area contributed by atoms with E-state index >= 15 is 0 Å². The second kappa shape index (κ2) is 5.61. The smallest absolute Gasteiger partial charge is 0.139 e. The second-order valence-electron chi connectivity index (χ2n) is 5.45. The van der Waals surface area contributed by atoms with E-state index in [1.54, 1.807) is 10.9 Å². The van der Waals surface area contributed by atoms with Crippen molar-refractivity contribution >= 4 is 8.07 Å². The van der Waals surface area contributed by atoms with Crippen LogP contribution in [0.3, 0.4) is 0 Å². The summed E-state index contributed by atoms with van der Waals surface area (Å²) in [6.07, 6.45) is 3.74. The Morgan fingerprint density at radius 1 is 1.50 bits per heavy atom. The SMILES string of the molecule is CC(N)c1cnn(COCC[Si](C)(C)C)c1. The first-order valence-electron chi connectivity index (χ1n) is 5.74. The predicted octanol–water partition coefficient (Wildman–Crippen LogP) is 2.22. The van der Waals surface area contributed by atoms with Crippen LogP contribution < -0.4 is 5.73 Å². The third kappa shape index (κ3) is 4.91. The summed E-state index contributed by atoms with van der Waals surface area (Å²) >= 11 is 0. The van der Waals surface area contributed by atoms with Crippen LogP contribution in [0, 0.1) is 0 Å². The molecule has 4 nitrogen and oxygen atoms in total. The number of hydrogen-bond acceptors (Lipinski definition) is 3. The molecule has 0 aromatic carbocycles. The van der Waals surface area contributed by atoms with Gasteiger partial charge in [-0.3, -0.25) is 0 Å². The van der Waals surface area contributed by atoms with Crippen LogP contribution >= 0.6 is 0 Å². The number of nitrogens with two attached hydrogens (primary N) is 1. The molecule has 0 aliphatic heterocycles. The average Bonchev–Trinajstić information content (AvgIpc) is 2.59. The summed E-state index contributed by atoms with van der Waals surface area (Å²) < 4.78 is 7.38. The number of hydrogen-bond donors (Lipinski definition) is 1. The van der Waals surface area contributed by atoms with Gasteiger partial charge in [-0.25, -0.2) is 4.68 Å². The lowest BCUT2D eigenvalue weighted by atomic mass is 10.2. The maximum absolute atomic E-state index is 5.75. The molecule has 0 aliphatic carbocycles. The first-order chi connectivity index (χ1) is 7.38. The lowest BCUT2D eigenvalue weighted by molar-refractivity contribution is 0.0785. The van der Waals surface area contributed by atoms with Crippen LogP contribution in [0.15, 0.2) is 12.4 Å². The lowest BCUT2D eigenvalue weighted by Crippen LogP contribution is -2.22. The quantitative estimate of drug-likeness (QED) is 0.614. The molecule has 0 fully saturated rings. The van der Waals surface area contributed by atoms with Gasteiger partial charge >= 0.3 is 0 Å². The van der Waals surface area contributed by atoms with Gasteiger partial charge in [-0.2, -0.15) is 5.10 Å². The van der Waals surface area contributed by atoms with Crippen LogP contribution in [-0.4, -0.2) is 24.5 Å². The molecule has 0 radical (unpaired) electrons. The highest BCUT2D eigenvalue weighted by molar-refractivity contribution is 6.76. The molecular weight excluding hydrogens is 218 g/mol. The van der Waals surface area contributed by atoms with Gasteiger partial charge in [-0.05, 0) is 13.0 Å². The Bertz CT molecular complexity index is 317. The van der Waals surface area contributed by atoms with E-state index in [1.807, 2.05) is 13.1 Å². The Balaban J connectivity index is 2.27. The topological polar surface area (TPSA) is 53.1 Å². The molecule has 5 heteroatoms.